The predicted octanol–water partition coefficient (Wildman–Crippen LogP) is 2.10. The Morgan fingerprint density at radius 3 is 2.86 bits per heavy atom. The van der Waals surface area contributed by atoms with Gasteiger partial charge in [0.1, 0.15) is 0 Å². The minimum Gasteiger partial charge on any atom is -0.326 e. The largest absolute Gasteiger partial charge is 0.326 e. The Morgan fingerprint density at radius 2 is 2.21 bits per heavy atom. The molecule has 0 fully saturated rings. The lowest BCUT2D eigenvalue weighted by molar-refractivity contribution is 0.749. The van der Waals surface area contributed by atoms with Crippen LogP contribution in [-0.2, 0) is 13.6 Å². The summed E-state index contributed by atoms with van der Waals surface area (Å²) in [6.07, 6.45) is 0. The van der Waals surface area contributed by atoms with E-state index in [1.54, 1.807) is 0 Å². The molecule has 2 rings (SSSR count). The van der Waals surface area contributed by atoms with Gasteiger partial charge in [-0.25, -0.2) is 0 Å². The number of hydrogen-bond donors (Lipinski definition) is 1. The Hall–Kier alpha value is -0.870. The van der Waals surface area contributed by atoms with Crippen LogP contribution in [0.2, 0.25) is 0 Å². The fourth-order valence-electron chi connectivity index (χ4n) is 1.60. The standard InChI is InChI=1S/C10H12BrN3/c1-6-9-4-8(11)3-7(5-12)10(9)13-14(6)2/h3-4H,5,12H2,1-2H3. The van der Waals surface area contributed by atoms with Gasteiger partial charge in [0.25, 0.3) is 0 Å². The van der Waals surface area contributed by atoms with Gasteiger partial charge in [-0.2, -0.15) is 5.10 Å². The molecule has 1 heterocycles. The molecule has 2 N–H and O–H groups in total. The molecule has 14 heavy (non-hydrogen) atoms. The lowest BCUT2D eigenvalue weighted by Gasteiger charge is -1.99. The van der Waals surface area contributed by atoms with Crippen molar-refractivity contribution >= 4 is 26.8 Å². The highest BCUT2D eigenvalue weighted by Gasteiger charge is 2.09. The number of fused-ring (bicyclic) bond motifs is 1. The molecular formula is C10H12BrN3. The van der Waals surface area contributed by atoms with E-state index < -0.39 is 0 Å². The summed E-state index contributed by atoms with van der Waals surface area (Å²) in [6.45, 7) is 2.58. The highest BCUT2D eigenvalue weighted by molar-refractivity contribution is 9.10. The second kappa shape index (κ2) is 3.37. The molecule has 0 aliphatic heterocycles. The third-order valence-corrected chi connectivity index (χ3v) is 2.96. The second-order valence-corrected chi connectivity index (χ2v) is 4.29. The van der Waals surface area contributed by atoms with E-state index in [0.29, 0.717) is 6.54 Å². The van der Waals surface area contributed by atoms with Crippen LogP contribution in [0.25, 0.3) is 10.9 Å². The van der Waals surface area contributed by atoms with Gasteiger partial charge in [0, 0.05) is 29.1 Å². The molecule has 0 spiro atoms. The number of hydrogen-bond acceptors (Lipinski definition) is 2. The smallest absolute Gasteiger partial charge is 0.0971 e. The first kappa shape index (κ1) is 9.68. The molecule has 0 saturated carbocycles. The fraction of sp³-hybridized carbons (Fsp3) is 0.300. The molecule has 0 saturated heterocycles. The minimum absolute atomic E-state index is 0.520. The van der Waals surface area contributed by atoms with Crippen molar-refractivity contribution in [2.45, 2.75) is 13.5 Å². The third-order valence-electron chi connectivity index (χ3n) is 2.50. The lowest BCUT2D eigenvalue weighted by Crippen LogP contribution is -1.97. The number of aromatic nitrogens is 2. The van der Waals surface area contributed by atoms with E-state index in [-0.39, 0.29) is 0 Å². The van der Waals surface area contributed by atoms with E-state index in [1.165, 1.54) is 5.39 Å². The maximum absolute atomic E-state index is 5.67. The van der Waals surface area contributed by atoms with Crippen LogP contribution in [0.3, 0.4) is 0 Å². The monoisotopic (exact) mass is 253 g/mol. The van der Waals surface area contributed by atoms with Crippen LogP contribution in [0.1, 0.15) is 11.3 Å². The van der Waals surface area contributed by atoms with Gasteiger partial charge in [-0.3, -0.25) is 4.68 Å². The summed E-state index contributed by atoms with van der Waals surface area (Å²) in [7, 11) is 1.95. The summed E-state index contributed by atoms with van der Waals surface area (Å²) in [5.41, 5.74) is 8.93. The van der Waals surface area contributed by atoms with E-state index in [2.05, 4.69) is 34.0 Å². The van der Waals surface area contributed by atoms with Crippen molar-refractivity contribution in [1.82, 2.24) is 9.78 Å². The number of rotatable bonds is 1. The molecule has 0 aliphatic carbocycles. The number of nitrogens with zero attached hydrogens (tertiary/aromatic N) is 2. The van der Waals surface area contributed by atoms with E-state index in [0.717, 1.165) is 21.2 Å². The molecule has 2 aromatic rings. The highest BCUT2D eigenvalue weighted by atomic mass is 79.9. The van der Waals surface area contributed by atoms with Gasteiger partial charge in [-0.1, -0.05) is 15.9 Å². The van der Waals surface area contributed by atoms with E-state index in [9.17, 15) is 0 Å². The van der Waals surface area contributed by atoms with Crippen LogP contribution in [-0.4, -0.2) is 9.78 Å². The Balaban J connectivity index is 2.87. The van der Waals surface area contributed by atoms with Crippen LogP contribution in [0.4, 0.5) is 0 Å². The van der Waals surface area contributed by atoms with Crippen LogP contribution >= 0.6 is 15.9 Å². The summed E-state index contributed by atoms with van der Waals surface area (Å²) < 4.78 is 2.94. The summed E-state index contributed by atoms with van der Waals surface area (Å²) in [5, 5.41) is 5.61. The maximum Gasteiger partial charge on any atom is 0.0971 e. The lowest BCUT2D eigenvalue weighted by atomic mass is 10.1. The quantitative estimate of drug-likeness (QED) is 0.846. The number of halogens is 1. The molecule has 74 valence electrons. The van der Waals surface area contributed by atoms with Gasteiger partial charge >= 0.3 is 0 Å². The first-order valence-electron chi connectivity index (χ1n) is 4.45. The zero-order chi connectivity index (χ0) is 10.3. The van der Waals surface area contributed by atoms with Gasteiger partial charge in [0.05, 0.1) is 5.52 Å². The first-order valence-corrected chi connectivity index (χ1v) is 5.24. The summed E-state index contributed by atoms with van der Waals surface area (Å²) >= 11 is 3.47. The summed E-state index contributed by atoms with van der Waals surface area (Å²) in [6, 6.07) is 4.10. The van der Waals surface area contributed by atoms with E-state index in [1.807, 2.05) is 17.8 Å². The number of nitrogens with two attached hydrogens (primary N) is 1. The van der Waals surface area contributed by atoms with E-state index in [4.69, 9.17) is 5.73 Å². The van der Waals surface area contributed by atoms with Crippen LogP contribution in [0.15, 0.2) is 16.6 Å². The fourth-order valence-corrected chi connectivity index (χ4v) is 2.11. The van der Waals surface area contributed by atoms with Gasteiger partial charge < -0.3 is 5.73 Å². The van der Waals surface area contributed by atoms with Crippen molar-refractivity contribution < 1.29 is 0 Å². The van der Waals surface area contributed by atoms with Gasteiger partial charge in [-0.05, 0) is 24.6 Å². The SMILES string of the molecule is Cc1c2cc(Br)cc(CN)c2nn1C. The Labute approximate surface area is 91.0 Å². The average Bonchev–Trinajstić information content (AvgIpc) is 2.43. The molecule has 0 atom stereocenters. The van der Waals surface area contributed by atoms with Crippen molar-refractivity contribution in [2.24, 2.45) is 12.8 Å². The normalized spacial score (nSPS) is 11.1. The molecule has 0 unspecified atom stereocenters. The first-order chi connectivity index (χ1) is 6.63. The van der Waals surface area contributed by atoms with Crippen molar-refractivity contribution in [3.63, 3.8) is 0 Å². The Morgan fingerprint density at radius 1 is 1.50 bits per heavy atom. The van der Waals surface area contributed by atoms with Crippen molar-refractivity contribution in [3.8, 4) is 0 Å². The zero-order valence-corrected chi connectivity index (χ0v) is 9.80. The average molecular weight is 254 g/mol. The Kier molecular flexibility index (Phi) is 2.33. The van der Waals surface area contributed by atoms with Crippen LogP contribution in [0, 0.1) is 6.92 Å². The van der Waals surface area contributed by atoms with Crippen LogP contribution in [0.5, 0.6) is 0 Å². The number of aryl methyl sites for hydroxylation is 2. The summed E-state index contributed by atoms with van der Waals surface area (Å²) in [4.78, 5) is 0. The number of benzene rings is 1. The van der Waals surface area contributed by atoms with Crippen LogP contribution < -0.4 is 5.73 Å². The molecule has 0 amide bonds. The van der Waals surface area contributed by atoms with Gasteiger partial charge in [-0.15, -0.1) is 0 Å². The molecule has 3 nitrogen and oxygen atoms in total. The minimum atomic E-state index is 0.520. The van der Waals surface area contributed by atoms with E-state index >= 15 is 0 Å². The third kappa shape index (κ3) is 1.35. The Bertz CT molecular complexity index is 488. The highest BCUT2D eigenvalue weighted by Crippen LogP contribution is 2.25. The predicted molar refractivity (Wildman–Crippen MR) is 61.0 cm³/mol. The molecule has 0 aliphatic rings. The molecular weight excluding hydrogens is 242 g/mol. The van der Waals surface area contributed by atoms with Crippen molar-refractivity contribution in [2.75, 3.05) is 0 Å². The van der Waals surface area contributed by atoms with Gasteiger partial charge in [0.2, 0.25) is 0 Å². The summed E-state index contributed by atoms with van der Waals surface area (Å²) in [5.74, 6) is 0. The van der Waals surface area contributed by atoms with Gasteiger partial charge in [0.15, 0.2) is 0 Å². The van der Waals surface area contributed by atoms with Crippen molar-refractivity contribution in [1.29, 1.82) is 0 Å². The maximum atomic E-state index is 5.67. The topological polar surface area (TPSA) is 43.8 Å². The zero-order valence-electron chi connectivity index (χ0n) is 8.21. The molecule has 4 heteroatoms. The molecule has 0 bridgehead atoms. The molecule has 1 aromatic carbocycles. The second-order valence-electron chi connectivity index (χ2n) is 3.37. The molecule has 1 aromatic heterocycles. The molecule has 0 radical (unpaired) electrons. The van der Waals surface area contributed by atoms with Crippen molar-refractivity contribution in [3.05, 3.63) is 27.9 Å².